The number of hydrogen-bond acceptors (Lipinski definition) is 5. The van der Waals surface area contributed by atoms with Crippen molar-refractivity contribution in [2.24, 2.45) is 11.6 Å². The number of hydrogen-bond donors (Lipinski definition) is 4. The summed E-state index contributed by atoms with van der Waals surface area (Å²) >= 11 is 3.29. The maximum atomic E-state index is 12.0. The highest BCUT2D eigenvalue weighted by molar-refractivity contribution is 9.10. The Morgan fingerprint density at radius 1 is 1.41 bits per heavy atom. The minimum absolute atomic E-state index is 0.219. The highest BCUT2D eigenvalue weighted by atomic mass is 79.9. The van der Waals surface area contributed by atoms with Gasteiger partial charge >= 0.3 is 6.03 Å². The molecule has 0 aromatic heterocycles. The third-order valence-corrected chi connectivity index (χ3v) is 4.69. The average Bonchev–Trinajstić information content (AvgIpc) is 2.50. The van der Waals surface area contributed by atoms with Crippen LogP contribution in [0.15, 0.2) is 28.7 Å². The molecule has 1 aromatic carbocycles. The fraction of sp³-hybridized carbons (Fsp3) is 0.333. The van der Waals surface area contributed by atoms with Gasteiger partial charge in [0.15, 0.2) is 13.7 Å². The van der Waals surface area contributed by atoms with E-state index in [1.54, 1.807) is 24.3 Å². The van der Waals surface area contributed by atoms with Gasteiger partial charge in [0.2, 0.25) is 0 Å². The third kappa shape index (κ3) is 3.44. The molecule has 22 heavy (non-hydrogen) atoms. The second-order valence-corrected chi connectivity index (χ2v) is 6.70. The van der Waals surface area contributed by atoms with Crippen molar-refractivity contribution in [3.63, 3.8) is 0 Å². The summed E-state index contributed by atoms with van der Waals surface area (Å²) in [6.45, 7) is 0.219. The van der Waals surface area contributed by atoms with E-state index in [0.717, 1.165) is 9.48 Å². The molecule has 10 heteroatoms. The number of rotatable bonds is 3. The van der Waals surface area contributed by atoms with Crippen LogP contribution in [0.5, 0.6) is 0 Å². The molecule has 118 valence electrons. The van der Waals surface area contributed by atoms with Gasteiger partial charge in [0.25, 0.3) is 5.91 Å². The van der Waals surface area contributed by atoms with E-state index < -0.39 is 31.7 Å². The zero-order valence-corrected chi connectivity index (χ0v) is 13.9. The topological polar surface area (TPSA) is 131 Å². The van der Waals surface area contributed by atoms with E-state index in [2.05, 4.69) is 26.6 Å². The number of benzene rings is 1. The third-order valence-electron chi connectivity index (χ3n) is 3.35. The lowest BCUT2D eigenvalue weighted by atomic mass is 9.99. The van der Waals surface area contributed by atoms with Crippen LogP contribution in [0, 0.1) is 0 Å². The highest BCUT2D eigenvalue weighted by Crippen LogP contribution is 2.29. The predicted octanol–water partition coefficient (Wildman–Crippen LogP) is 0.992. The summed E-state index contributed by atoms with van der Waals surface area (Å²) in [5.74, 6) is 4.81. The van der Waals surface area contributed by atoms with Crippen LogP contribution in [0.25, 0.3) is 0 Å². The van der Waals surface area contributed by atoms with Gasteiger partial charge in [0.1, 0.15) is 0 Å². The van der Waals surface area contributed by atoms with E-state index in [4.69, 9.17) is 11.6 Å². The van der Waals surface area contributed by atoms with Crippen LogP contribution in [0.3, 0.4) is 0 Å². The first kappa shape index (κ1) is 16.8. The minimum Gasteiger partial charge on any atom is -0.332 e. The maximum Gasteiger partial charge on any atom is 0.319 e. The molecule has 1 aliphatic heterocycles. The second-order valence-electron chi connectivity index (χ2n) is 4.86. The zero-order valence-electron chi connectivity index (χ0n) is 11.5. The number of hydrazine groups is 1. The number of nitrogens with zero attached hydrogens (tertiary/aromatic N) is 1. The van der Waals surface area contributed by atoms with E-state index in [0.29, 0.717) is 12.1 Å². The Morgan fingerprint density at radius 3 is 2.64 bits per heavy atom. The smallest absolute Gasteiger partial charge is 0.319 e. The lowest BCUT2D eigenvalue weighted by Gasteiger charge is -2.38. The fourth-order valence-corrected chi connectivity index (χ4v) is 2.90. The standard InChI is InChI=1S/C12H15BrN5O3P/c13-7-1-3-8(4-2-7)16-11(20)17-9-5-6-18(15)10(19)12(9,14)22-21/h1-4,9H,5-6,14-15H2,(H2,16,17,20)/t9?,12-/m0/s1. The van der Waals surface area contributed by atoms with E-state index in [-0.39, 0.29) is 6.54 Å². The van der Waals surface area contributed by atoms with Crippen molar-refractivity contribution in [3.8, 4) is 0 Å². The quantitative estimate of drug-likeness (QED) is 0.349. The normalized spacial score (nSPS) is 25.1. The molecular weight excluding hydrogens is 373 g/mol. The largest absolute Gasteiger partial charge is 0.332 e. The summed E-state index contributed by atoms with van der Waals surface area (Å²) < 4.78 is 12.2. The number of nitrogens with two attached hydrogens (primary N) is 2. The Morgan fingerprint density at radius 2 is 2.05 bits per heavy atom. The van der Waals surface area contributed by atoms with Crippen molar-refractivity contribution < 1.29 is 14.2 Å². The molecule has 0 bridgehead atoms. The van der Waals surface area contributed by atoms with Crippen molar-refractivity contribution in [1.82, 2.24) is 10.3 Å². The van der Waals surface area contributed by atoms with E-state index >= 15 is 0 Å². The summed E-state index contributed by atoms with van der Waals surface area (Å²) in [4.78, 5) is 24.0. The van der Waals surface area contributed by atoms with Crippen LogP contribution >= 0.6 is 24.4 Å². The molecule has 1 saturated heterocycles. The first-order chi connectivity index (χ1) is 10.4. The molecule has 1 fully saturated rings. The first-order valence-corrected chi connectivity index (χ1v) is 8.00. The molecule has 3 amide bonds. The van der Waals surface area contributed by atoms with Crippen LogP contribution in [0.2, 0.25) is 0 Å². The lowest BCUT2D eigenvalue weighted by Crippen LogP contribution is -2.69. The molecule has 0 saturated carbocycles. The number of piperidine rings is 1. The lowest BCUT2D eigenvalue weighted by molar-refractivity contribution is -0.137. The van der Waals surface area contributed by atoms with Gasteiger partial charge in [-0.05, 0) is 30.7 Å². The first-order valence-electron chi connectivity index (χ1n) is 6.40. The van der Waals surface area contributed by atoms with Crippen LogP contribution in [-0.4, -0.2) is 34.8 Å². The summed E-state index contributed by atoms with van der Waals surface area (Å²) in [7, 11) is -0.597. The number of urea groups is 1. The number of amides is 3. The molecule has 0 spiro atoms. The second kappa shape index (κ2) is 6.70. The van der Waals surface area contributed by atoms with Crippen LogP contribution < -0.4 is 22.2 Å². The van der Waals surface area contributed by atoms with Crippen molar-refractivity contribution in [2.75, 3.05) is 11.9 Å². The molecule has 1 aliphatic rings. The zero-order chi connectivity index (χ0) is 16.3. The molecule has 8 nitrogen and oxygen atoms in total. The van der Waals surface area contributed by atoms with E-state index in [1.807, 2.05) is 0 Å². The van der Waals surface area contributed by atoms with Crippen LogP contribution in [-0.2, 0) is 9.36 Å². The van der Waals surface area contributed by atoms with Gasteiger partial charge in [-0.25, -0.2) is 10.6 Å². The molecule has 0 radical (unpaired) electrons. The molecule has 6 N–H and O–H groups in total. The van der Waals surface area contributed by atoms with Crippen molar-refractivity contribution >= 4 is 42.0 Å². The van der Waals surface area contributed by atoms with Gasteiger partial charge < -0.3 is 16.4 Å². The van der Waals surface area contributed by atoms with Crippen molar-refractivity contribution in [2.45, 2.75) is 17.7 Å². The number of carbonyl (C=O) groups excluding carboxylic acids is 2. The van der Waals surface area contributed by atoms with Gasteiger partial charge in [0.05, 0.1) is 6.04 Å². The Kier molecular flexibility index (Phi) is 5.12. The van der Waals surface area contributed by atoms with E-state index in [9.17, 15) is 14.2 Å². The minimum atomic E-state index is -1.76. The maximum absolute atomic E-state index is 12.0. The van der Waals surface area contributed by atoms with Gasteiger partial charge in [-0.3, -0.25) is 14.4 Å². The Hall–Kier alpha value is -1.54. The van der Waals surface area contributed by atoms with Crippen LogP contribution in [0.1, 0.15) is 6.42 Å². The molecular formula is C12H15BrN5O3P. The molecule has 1 unspecified atom stereocenters. The Bertz CT molecular complexity index is 599. The number of anilines is 1. The molecule has 0 aliphatic carbocycles. The van der Waals surface area contributed by atoms with Crippen LogP contribution in [0.4, 0.5) is 10.5 Å². The molecule has 1 aromatic rings. The monoisotopic (exact) mass is 387 g/mol. The predicted molar refractivity (Wildman–Crippen MR) is 85.1 cm³/mol. The summed E-state index contributed by atoms with van der Waals surface area (Å²) in [6.07, 6.45) is 0.307. The van der Waals surface area contributed by atoms with Gasteiger partial charge in [-0.15, -0.1) is 0 Å². The molecule has 2 rings (SSSR count). The van der Waals surface area contributed by atoms with Crippen molar-refractivity contribution in [1.29, 1.82) is 0 Å². The van der Waals surface area contributed by atoms with Gasteiger partial charge in [-0.1, -0.05) is 15.9 Å². The Labute approximate surface area is 136 Å². The highest BCUT2D eigenvalue weighted by Gasteiger charge is 2.49. The number of carbonyl (C=O) groups is 2. The Balaban J connectivity index is 2.05. The van der Waals surface area contributed by atoms with E-state index in [1.165, 1.54) is 0 Å². The number of nitrogens with one attached hydrogen (secondary N) is 2. The fourth-order valence-electron chi connectivity index (χ4n) is 2.11. The molecule has 1 heterocycles. The molecule has 2 atom stereocenters. The van der Waals surface area contributed by atoms with Crippen molar-refractivity contribution in [3.05, 3.63) is 28.7 Å². The van der Waals surface area contributed by atoms with Gasteiger partial charge in [0, 0.05) is 16.7 Å². The SMILES string of the molecule is NN1CCC(NC(=O)Nc2ccc(Br)cc2)[C@](N)(P=O)C1=O. The summed E-state index contributed by atoms with van der Waals surface area (Å²) in [6, 6.07) is 5.64. The van der Waals surface area contributed by atoms with Gasteiger partial charge in [-0.2, -0.15) is 0 Å². The number of halogens is 1. The summed E-state index contributed by atoms with van der Waals surface area (Å²) in [5, 5.41) is 4.35. The summed E-state index contributed by atoms with van der Waals surface area (Å²) in [5.41, 5.74) is 6.43. The average molecular weight is 388 g/mol.